The van der Waals surface area contributed by atoms with E-state index in [2.05, 4.69) is 18.7 Å². The second kappa shape index (κ2) is 3.09. The van der Waals surface area contributed by atoms with E-state index in [1.54, 1.807) is 7.11 Å². The average molecular weight is 158 g/mol. The van der Waals surface area contributed by atoms with Gasteiger partial charge in [0.2, 0.25) is 0 Å². The molecule has 0 aromatic rings. The molecule has 0 amide bonds. The molecule has 1 saturated heterocycles. The molecule has 0 bridgehead atoms. The Hall–Kier alpha value is -0.120. The topological polar surface area (TPSA) is 38.5 Å². The lowest BCUT2D eigenvalue weighted by molar-refractivity contribution is -0.0727. The van der Waals surface area contributed by atoms with Crippen LogP contribution >= 0.6 is 0 Å². The first-order chi connectivity index (χ1) is 5.10. The highest BCUT2D eigenvalue weighted by atomic mass is 16.5. The fourth-order valence-corrected chi connectivity index (χ4v) is 1.21. The first kappa shape index (κ1) is 8.97. The summed E-state index contributed by atoms with van der Waals surface area (Å²) < 4.78 is 5.17. The van der Waals surface area contributed by atoms with Crippen molar-refractivity contribution in [2.45, 2.75) is 25.5 Å². The Balaban J connectivity index is 2.31. The molecule has 0 aromatic carbocycles. The highest BCUT2D eigenvalue weighted by Crippen LogP contribution is 2.21. The molecule has 0 radical (unpaired) electrons. The Morgan fingerprint density at radius 1 is 1.55 bits per heavy atom. The predicted molar refractivity (Wildman–Crippen MR) is 45.5 cm³/mol. The number of methoxy groups -OCH3 is 1. The molecule has 0 unspecified atom stereocenters. The quantitative estimate of drug-likeness (QED) is 0.631. The van der Waals surface area contributed by atoms with Crippen LogP contribution in [0.3, 0.4) is 0 Å². The number of hydrogen-bond acceptors (Lipinski definition) is 3. The molecule has 1 fully saturated rings. The lowest BCUT2D eigenvalue weighted by Gasteiger charge is -2.48. The van der Waals surface area contributed by atoms with Gasteiger partial charge in [0.1, 0.15) is 0 Å². The maximum absolute atomic E-state index is 5.62. The van der Waals surface area contributed by atoms with Crippen LogP contribution in [-0.2, 0) is 4.74 Å². The normalized spacial score (nSPS) is 21.8. The van der Waals surface area contributed by atoms with Crippen molar-refractivity contribution in [3.8, 4) is 0 Å². The van der Waals surface area contributed by atoms with Crippen LogP contribution < -0.4 is 5.73 Å². The van der Waals surface area contributed by atoms with E-state index in [0.29, 0.717) is 12.6 Å². The summed E-state index contributed by atoms with van der Waals surface area (Å²) >= 11 is 0. The van der Waals surface area contributed by atoms with Crippen molar-refractivity contribution in [3.63, 3.8) is 0 Å². The summed E-state index contributed by atoms with van der Waals surface area (Å²) in [5.41, 5.74) is 5.77. The highest BCUT2D eigenvalue weighted by molar-refractivity contribution is 4.92. The number of ether oxygens (including phenoxy) is 1. The van der Waals surface area contributed by atoms with Gasteiger partial charge in [0, 0.05) is 32.3 Å². The van der Waals surface area contributed by atoms with Crippen molar-refractivity contribution >= 4 is 0 Å². The summed E-state index contributed by atoms with van der Waals surface area (Å²) in [6.07, 6.45) is 0.431. The van der Waals surface area contributed by atoms with Crippen LogP contribution in [0.4, 0.5) is 0 Å². The first-order valence-corrected chi connectivity index (χ1v) is 4.08. The molecule has 3 heteroatoms. The molecule has 1 rings (SSSR count). The lowest BCUT2D eigenvalue weighted by Crippen LogP contribution is -2.62. The van der Waals surface area contributed by atoms with Crippen LogP contribution in [0.25, 0.3) is 0 Å². The van der Waals surface area contributed by atoms with Crippen LogP contribution in [0.15, 0.2) is 0 Å². The minimum atomic E-state index is 0.148. The van der Waals surface area contributed by atoms with E-state index in [-0.39, 0.29) is 5.54 Å². The molecule has 0 aromatic heterocycles. The van der Waals surface area contributed by atoms with Gasteiger partial charge in [0.05, 0.1) is 6.10 Å². The molecule has 1 aliphatic rings. The number of hydrogen-bond donors (Lipinski definition) is 1. The zero-order valence-corrected chi connectivity index (χ0v) is 7.63. The van der Waals surface area contributed by atoms with Crippen molar-refractivity contribution in [2.75, 3.05) is 26.7 Å². The third-order valence-corrected chi connectivity index (χ3v) is 2.54. The maximum atomic E-state index is 5.62. The number of nitrogens with zero attached hydrogens (tertiary/aromatic N) is 1. The molecule has 11 heavy (non-hydrogen) atoms. The van der Waals surface area contributed by atoms with Crippen LogP contribution in [-0.4, -0.2) is 43.3 Å². The summed E-state index contributed by atoms with van der Waals surface area (Å²) in [5, 5.41) is 0. The fourth-order valence-electron chi connectivity index (χ4n) is 1.21. The predicted octanol–water partition coefficient (Wildman–Crippen LogP) is 0.0543. The van der Waals surface area contributed by atoms with Crippen LogP contribution in [0.2, 0.25) is 0 Å². The van der Waals surface area contributed by atoms with Gasteiger partial charge in [0.15, 0.2) is 0 Å². The number of nitrogens with two attached hydrogens (primary N) is 1. The molecular weight excluding hydrogens is 140 g/mol. The molecule has 0 atom stereocenters. The van der Waals surface area contributed by atoms with Crippen molar-refractivity contribution in [1.29, 1.82) is 0 Å². The van der Waals surface area contributed by atoms with E-state index < -0.39 is 0 Å². The fraction of sp³-hybridized carbons (Fsp3) is 1.00. The monoisotopic (exact) mass is 158 g/mol. The van der Waals surface area contributed by atoms with Crippen molar-refractivity contribution < 1.29 is 4.74 Å². The Morgan fingerprint density at radius 2 is 2.09 bits per heavy atom. The Labute approximate surface area is 68.5 Å². The van der Waals surface area contributed by atoms with E-state index in [1.165, 1.54) is 0 Å². The molecule has 1 aliphatic heterocycles. The van der Waals surface area contributed by atoms with E-state index in [9.17, 15) is 0 Å². The minimum absolute atomic E-state index is 0.148. The third kappa shape index (κ3) is 1.72. The Bertz CT molecular complexity index is 130. The SMILES string of the molecule is COC1CN(C(C)(C)CN)C1. The van der Waals surface area contributed by atoms with Gasteiger partial charge in [-0.15, -0.1) is 0 Å². The number of likely N-dealkylation sites (tertiary alicyclic amines) is 1. The van der Waals surface area contributed by atoms with Crippen molar-refractivity contribution in [2.24, 2.45) is 5.73 Å². The standard InChI is InChI=1S/C8H18N2O/c1-8(2,6-9)10-4-7(5-10)11-3/h7H,4-6,9H2,1-3H3. The highest BCUT2D eigenvalue weighted by Gasteiger charge is 2.36. The van der Waals surface area contributed by atoms with Crippen LogP contribution in [0, 0.1) is 0 Å². The zero-order valence-electron chi connectivity index (χ0n) is 7.63. The molecule has 0 aliphatic carbocycles. The second-order valence-electron chi connectivity index (χ2n) is 3.78. The van der Waals surface area contributed by atoms with Gasteiger partial charge in [-0.1, -0.05) is 0 Å². The zero-order chi connectivity index (χ0) is 8.48. The van der Waals surface area contributed by atoms with Gasteiger partial charge in [-0.05, 0) is 13.8 Å². The average Bonchev–Trinajstić information content (AvgIpc) is 1.85. The summed E-state index contributed by atoms with van der Waals surface area (Å²) in [6.45, 7) is 7.10. The van der Waals surface area contributed by atoms with E-state index in [4.69, 9.17) is 10.5 Å². The van der Waals surface area contributed by atoms with E-state index >= 15 is 0 Å². The van der Waals surface area contributed by atoms with Crippen molar-refractivity contribution in [1.82, 2.24) is 4.90 Å². The summed E-state index contributed by atoms with van der Waals surface area (Å²) in [4.78, 5) is 2.35. The summed E-state index contributed by atoms with van der Waals surface area (Å²) in [7, 11) is 1.76. The lowest BCUT2D eigenvalue weighted by atomic mass is 9.97. The van der Waals surface area contributed by atoms with Gasteiger partial charge >= 0.3 is 0 Å². The Kier molecular flexibility index (Phi) is 2.52. The van der Waals surface area contributed by atoms with E-state index in [0.717, 1.165) is 13.1 Å². The molecule has 0 saturated carbocycles. The van der Waals surface area contributed by atoms with E-state index in [1.807, 2.05) is 0 Å². The van der Waals surface area contributed by atoms with Gasteiger partial charge < -0.3 is 10.5 Å². The van der Waals surface area contributed by atoms with Gasteiger partial charge in [-0.3, -0.25) is 4.90 Å². The summed E-state index contributed by atoms with van der Waals surface area (Å²) in [6, 6.07) is 0. The number of rotatable bonds is 3. The minimum Gasteiger partial charge on any atom is -0.379 e. The van der Waals surface area contributed by atoms with Crippen LogP contribution in [0.1, 0.15) is 13.8 Å². The molecule has 1 heterocycles. The summed E-state index contributed by atoms with van der Waals surface area (Å²) in [5.74, 6) is 0. The van der Waals surface area contributed by atoms with Gasteiger partial charge in [-0.2, -0.15) is 0 Å². The molecule has 0 spiro atoms. The smallest absolute Gasteiger partial charge is 0.0825 e. The van der Waals surface area contributed by atoms with Gasteiger partial charge in [-0.25, -0.2) is 0 Å². The largest absolute Gasteiger partial charge is 0.379 e. The van der Waals surface area contributed by atoms with Crippen LogP contribution in [0.5, 0.6) is 0 Å². The molecule has 2 N–H and O–H groups in total. The van der Waals surface area contributed by atoms with Gasteiger partial charge in [0.25, 0.3) is 0 Å². The molecular formula is C8H18N2O. The second-order valence-corrected chi connectivity index (χ2v) is 3.78. The molecule has 66 valence electrons. The molecule has 3 nitrogen and oxygen atoms in total. The first-order valence-electron chi connectivity index (χ1n) is 4.08. The van der Waals surface area contributed by atoms with Crippen molar-refractivity contribution in [3.05, 3.63) is 0 Å². The maximum Gasteiger partial charge on any atom is 0.0825 e. The Morgan fingerprint density at radius 3 is 2.45 bits per heavy atom. The third-order valence-electron chi connectivity index (χ3n) is 2.54.